The molecule has 0 unspecified atom stereocenters. The van der Waals surface area contributed by atoms with Crippen LogP contribution in [0.1, 0.15) is 117 Å². The van der Waals surface area contributed by atoms with Crippen molar-refractivity contribution in [3.05, 3.63) is 35.9 Å². The first kappa shape index (κ1) is 29.8. The number of carbonyl (C=O) groups excluding carboxylic acids is 1. The van der Waals surface area contributed by atoms with Gasteiger partial charge in [0.05, 0.1) is 0 Å². The third-order valence-corrected chi connectivity index (χ3v) is 27.0. The Kier molecular flexibility index (Phi) is 12.0. The van der Waals surface area contributed by atoms with Crippen LogP contribution in [0.5, 0.6) is 0 Å². The molecule has 1 aliphatic heterocycles. The van der Waals surface area contributed by atoms with Gasteiger partial charge in [-0.2, -0.15) is 0 Å². The van der Waals surface area contributed by atoms with Gasteiger partial charge in [-0.05, 0) is 0 Å². The molecule has 2 aliphatic rings. The Balaban J connectivity index is 1.80. The summed E-state index contributed by atoms with van der Waals surface area (Å²) in [5, 5.41) is 0. The number of unbranched alkanes of at least 4 members (excludes halogenated alkanes) is 3. The normalized spacial score (nSPS) is 23.1. The summed E-state index contributed by atoms with van der Waals surface area (Å²) in [7, 11) is 0. The van der Waals surface area contributed by atoms with Crippen LogP contribution in [0, 0.1) is 5.92 Å². The van der Waals surface area contributed by atoms with Crippen LogP contribution in [0.4, 0.5) is 4.79 Å². The van der Waals surface area contributed by atoms with E-state index in [1.807, 2.05) is 0 Å². The number of benzene rings is 1. The van der Waals surface area contributed by atoms with Crippen LogP contribution in [-0.2, 0) is 10.2 Å². The molecular formula is C32H55NO2Sn. The number of ether oxygens (including phenoxy) is 1. The molecule has 2 fully saturated rings. The predicted molar refractivity (Wildman–Crippen MR) is 156 cm³/mol. The number of amides is 1. The van der Waals surface area contributed by atoms with Crippen LogP contribution < -0.4 is 0 Å². The van der Waals surface area contributed by atoms with Crippen molar-refractivity contribution in [1.29, 1.82) is 0 Å². The summed E-state index contributed by atoms with van der Waals surface area (Å²) in [5.41, 5.74) is 1.37. The van der Waals surface area contributed by atoms with Gasteiger partial charge in [-0.15, -0.1) is 0 Å². The summed E-state index contributed by atoms with van der Waals surface area (Å²) < 4.78 is 11.5. The number of nitrogens with zero attached hydrogens (tertiary/aromatic N) is 1. The fraction of sp³-hybridized carbons (Fsp3) is 0.781. The number of likely N-dealkylation sites (tertiary alicyclic amines) is 1. The molecule has 3 atom stereocenters. The van der Waals surface area contributed by atoms with Crippen molar-refractivity contribution in [3.8, 4) is 0 Å². The van der Waals surface area contributed by atoms with Crippen molar-refractivity contribution in [2.45, 2.75) is 141 Å². The number of hydrogen-bond acceptors (Lipinski definition) is 2. The Hall–Kier alpha value is -0.711. The minimum atomic E-state index is -2.55. The van der Waals surface area contributed by atoms with Crippen LogP contribution in [0.2, 0.25) is 13.3 Å². The summed E-state index contributed by atoms with van der Waals surface area (Å²) in [4.78, 5) is 16.2. The summed E-state index contributed by atoms with van der Waals surface area (Å²) >= 11 is -2.55. The van der Waals surface area contributed by atoms with Gasteiger partial charge in [0.15, 0.2) is 0 Å². The fourth-order valence-electron chi connectivity index (χ4n) is 7.43. The van der Waals surface area contributed by atoms with Crippen molar-refractivity contribution >= 4 is 24.5 Å². The number of hydrogen-bond donors (Lipinski definition) is 0. The van der Waals surface area contributed by atoms with E-state index in [0.29, 0.717) is 9.98 Å². The molecular weight excluding hydrogens is 549 g/mol. The summed E-state index contributed by atoms with van der Waals surface area (Å²) in [6, 6.07) is 10.9. The molecule has 1 amide bonds. The Bertz CT molecular complexity index is 758. The average Bonchev–Trinajstić information content (AvgIpc) is 3.40. The predicted octanol–water partition coefficient (Wildman–Crippen LogP) is 9.51. The first-order valence-corrected chi connectivity index (χ1v) is 23.1. The molecule has 0 radical (unpaired) electrons. The van der Waals surface area contributed by atoms with Gasteiger partial charge < -0.3 is 0 Å². The molecule has 36 heavy (non-hydrogen) atoms. The molecule has 3 rings (SSSR count). The molecule has 1 aromatic carbocycles. The Morgan fingerprint density at radius 3 is 2.06 bits per heavy atom. The molecule has 0 aromatic heterocycles. The van der Waals surface area contributed by atoms with Gasteiger partial charge in [0.25, 0.3) is 0 Å². The summed E-state index contributed by atoms with van der Waals surface area (Å²) in [6.07, 6.45) is 15.0. The quantitative estimate of drug-likeness (QED) is 0.210. The molecule has 0 N–H and O–H groups in total. The Morgan fingerprint density at radius 1 is 0.889 bits per heavy atom. The van der Waals surface area contributed by atoms with Crippen molar-refractivity contribution in [3.63, 3.8) is 0 Å². The topological polar surface area (TPSA) is 29.5 Å². The molecule has 0 spiro atoms. The minimum absolute atomic E-state index is 0.00338. The average molecular weight is 605 g/mol. The molecule has 4 heteroatoms. The second-order valence-electron chi connectivity index (χ2n) is 12.4. The van der Waals surface area contributed by atoms with Gasteiger partial charge in [-0.1, -0.05) is 0 Å². The standard InChI is InChI=1S/C20H28NO2.3C4H9.Sn/c1-20(2,16-10-4-3-5-11-16)17-12-6-7-13-18(17)23-19(22)21-14-8-9-15-21;3*1-3-4-2;/h3-5,10-11,14,17-18H,6-9,12-13,15H2,1-2H3;3*1,3-4H2,2H3;/t17-,18-;;;;/m1..../s1. The Morgan fingerprint density at radius 2 is 1.47 bits per heavy atom. The zero-order valence-corrected chi connectivity index (χ0v) is 27.1. The van der Waals surface area contributed by atoms with Crippen molar-refractivity contribution in [1.82, 2.24) is 4.90 Å². The SMILES string of the molecule is CCC[CH2][Sn]([CH2]CCC)([CH2]CCC)[C@H]1CCCN1C(=O)O[C@@H]1CCCC[C@H]1C(C)(C)c1ccccc1. The second kappa shape index (κ2) is 14.4. The van der Waals surface area contributed by atoms with E-state index in [1.54, 1.807) is 0 Å². The van der Waals surface area contributed by atoms with Crippen LogP contribution in [0.3, 0.4) is 0 Å². The van der Waals surface area contributed by atoms with E-state index < -0.39 is 18.4 Å². The van der Waals surface area contributed by atoms with E-state index in [0.717, 1.165) is 19.4 Å². The summed E-state index contributed by atoms with van der Waals surface area (Å²) in [6.45, 7) is 12.7. The number of rotatable bonds is 13. The molecule has 1 heterocycles. The van der Waals surface area contributed by atoms with Gasteiger partial charge in [-0.25, -0.2) is 0 Å². The zero-order valence-electron chi connectivity index (χ0n) is 24.2. The van der Waals surface area contributed by atoms with Crippen molar-refractivity contribution in [2.24, 2.45) is 5.92 Å². The summed E-state index contributed by atoms with van der Waals surface area (Å²) in [5.74, 6) is 0.382. The Labute approximate surface area is 227 Å². The van der Waals surface area contributed by atoms with Gasteiger partial charge in [-0.3, -0.25) is 0 Å². The molecule has 1 saturated heterocycles. The van der Waals surface area contributed by atoms with Crippen molar-refractivity contribution < 1.29 is 9.53 Å². The van der Waals surface area contributed by atoms with Crippen LogP contribution >= 0.6 is 0 Å². The van der Waals surface area contributed by atoms with E-state index in [4.69, 9.17) is 4.74 Å². The molecule has 204 valence electrons. The zero-order chi connectivity index (χ0) is 26.0. The van der Waals surface area contributed by atoms with Gasteiger partial charge in [0, 0.05) is 0 Å². The molecule has 1 aromatic rings. The molecule has 0 bridgehead atoms. The maximum atomic E-state index is 13.9. The van der Waals surface area contributed by atoms with Gasteiger partial charge in [0.2, 0.25) is 0 Å². The number of carbonyl (C=O) groups is 1. The second-order valence-corrected chi connectivity index (χ2v) is 26.4. The van der Waals surface area contributed by atoms with E-state index in [1.165, 1.54) is 83.1 Å². The third-order valence-electron chi connectivity index (χ3n) is 9.68. The molecule has 1 aliphatic carbocycles. The monoisotopic (exact) mass is 605 g/mol. The van der Waals surface area contributed by atoms with E-state index in [-0.39, 0.29) is 17.6 Å². The van der Waals surface area contributed by atoms with E-state index >= 15 is 0 Å². The molecule has 1 saturated carbocycles. The fourth-order valence-corrected chi connectivity index (χ4v) is 26.4. The third kappa shape index (κ3) is 7.23. The van der Waals surface area contributed by atoms with E-state index in [2.05, 4.69) is 69.9 Å². The maximum absolute atomic E-state index is 13.9. The molecule has 3 nitrogen and oxygen atoms in total. The van der Waals surface area contributed by atoms with Crippen LogP contribution in [0.15, 0.2) is 30.3 Å². The van der Waals surface area contributed by atoms with Crippen LogP contribution in [-0.4, -0.2) is 46.1 Å². The van der Waals surface area contributed by atoms with E-state index in [9.17, 15) is 4.79 Å². The van der Waals surface area contributed by atoms with Crippen molar-refractivity contribution in [2.75, 3.05) is 6.54 Å². The van der Waals surface area contributed by atoms with Gasteiger partial charge >= 0.3 is 228 Å². The van der Waals surface area contributed by atoms with Gasteiger partial charge in [0.1, 0.15) is 0 Å². The first-order chi connectivity index (χ1) is 17.4. The van der Waals surface area contributed by atoms with Crippen LogP contribution in [0.25, 0.3) is 0 Å². The first-order valence-electron chi connectivity index (χ1n) is 15.4.